The normalized spacial score (nSPS) is 10.0. The molecule has 108 valence electrons. The second-order valence-electron chi connectivity index (χ2n) is 3.96. The molecular formula is C14H10ClNO5. The molecule has 0 unspecified atom stereocenters. The van der Waals surface area contributed by atoms with Crippen LogP contribution in [-0.2, 0) is 0 Å². The van der Waals surface area contributed by atoms with Crippen LogP contribution in [0.25, 0.3) is 0 Å². The maximum atomic E-state index is 11.0. The van der Waals surface area contributed by atoms with E-state index in [0.717, 1.165) is 0 Å². The molecule has 0 bridgehead atoms. The van der Waals surface area contributed by atoms with Crippen LogP contribution in [0.3, 0.4) is 0 Å². The van der Waals surface area contributed by atoms with Gasteiger partial charge in [-0.15, -0.1) is 0 Å². The lowest BCUT2D eigenvalue weighted by atomic mass is 10.2. The first-order valence-corrected chi connectivity index (χ1v) is 6.18. The highest BCUT2D eigenvalue weighted by Gasteiger charge is 2.17. The highest BCUT2D eigenvalue weighted by Crippen LogP contribution is 2.34. The molecule has 2 aromatic carbocycles. The van der Waals surface area contributed by atoms with Gasteiger partial charge in [-0.25, -0.2) is 0 Å². The number of methoxy groups -OCH3 is 1. The Hall–Kier alpha value is -2.60. The number of nitro benzene ring substituents is 1. The summed E-state index contributed by atoms with van der Waals surface area (Å²) in [4.78, 5) is 21.4. The van der Waals surface area contributed by atoms with Crippen molar-refractivity contribution in [1.29, 1.82) is 0 Å². The van der Waals surface area contributed by atoms with Gasteiger partial charge in [-0.2, -0.15) is 0 Å². The van der Waals surface area contributed by atoms with Gasteiger partial charge in [0.25, 0.3) is 0 Å². The van der Waals surface area contributed by atoms with Gasteiger partial charge in [-0.3, -0.25) is 14.9 Å². The van der Waals surface area contributed by atoms with E-state index in [1.165, 1.54) is 25.3 Å². The number of nitro groups is 1. The predicted octanol–water partition coefficient (Wildman–Crippen LogP) is 3.86. The highest BCUT2D eigenvalue weighted by molar-refractivity contribution is 6.33. The van der Waals surface area contributed by atoms with Gasteiger partial charge in [0.15, 0.2) is 12.0 Å². The van der Waals surface area contributed by atoms with Crippen molar-refractivity contribution in [2.45, 2.75) is 0 Å². The summed E-state index contributed by atoms with van der Waals surface area (Å²) < 4.78 is 10.4. The average molecular weight is 308 g/mol. The summed E-state index contributed by atoms with van der Waals surface area (Å²) in [5.74, 6) is 0.541. The highest BCUT2D eigenvalue weighted by atomic mass is 35.5. The fourth-order valence-corrected chi connectivity index (χ4v) is 1.93. The summed E-state index contributed by atoms with van der Waals surface area (Å²) >= 11 is 5.89. The van der Waals surface area contributed by atoms with E-state index in [1.54, 1.807) is 18.2 Å². The van der Waals surface area contributed by atoms with Crippen LogP contribution >= 0.6 is 11.6 Å². The lowest BCUT2D eigenvalue weighted by molar-refractivity contribution is -0.385. The van der Waals surface area contributed by atoms with Crippen molar-refractivity contribution in [3.05, 3.63) is 57.1 Å². The number of hydrogen-bond acceptors (Lipinski definition) is 5. The summed E-state index contributed by atoms with van der Waals surface area (Å²) in [5, 5.41) is 11.2. The molecule has 2 aromatic rings. The minimum atomic E-state index is -0.579. The molecule has 0 amide bonds. The van der Waals surface area contributed by atoms with Crippen molar-refractivity contribution >= 4 is 23.6 Å². The third-order valence-electron chi connectivity index (χ3n) is 2.71. The molecule has 0 saturated heterocycles. The second-order valence-corrected chi connectivity index (χ2v) is 4.37. The molecule has 0 aliphatic carbocycles. The number of ether oxygens (including phenoxy) is 2. The lowest BCUT2D eigenvalue weighted by Crippen LogP contribution is -1.96. The number of benzene rings is 2. The monoisotopic (exact) mass is 307 g/mol. The Morgan fingerprint density at radius 1 is 1.24 bits per heavy atom. The number of nitrogens with zero attached hydrogens (tertiary/aromatic N) is 1. The molecule has 0 radical (unpaired) electrons. The zero-order valence-electron chi connectivity index (χ0n) is 10.9. The van der Waals surface area contributed by atoms with Crippen LogP contribution in [0, 0.1) is 10.1 Å². The van der Waals surface area contributed by atoms with E-state index in [4.69, 9.17) is 21.1 Å². The van der Waals surface area contributed by atoms with Crippen LogP contribution in [0.5, 0.6) is 17.2 Å². The Kier molecular flexibility index (Phi) is 4.39. The van der Waals surface area contributed by atoms with Gasteiger partial charge in [0.05, 0.1) is 28.7 Å². The topological polar surface area (TPSA) is 78.7 Å². The van der Waals surface area contributed by atoms with Crippen molar-refractivity contribution < 1.29 is 19.2 Å². The molecule has 21 heavy (non-hydrogen) atoms. The first-order chi connectivity index (χ1) is 10.1. The van der Waals surface area contributed by atoms with Gasteiger partial charge < -0.3 is 9.47 Å². The zero-order valence-corrected chi connectivity index (χ0v) is 11.7. The van der Waals surface area contributed by atoms with E-state index >= 15 is 0 Å². The third-order valence-corrected chi connectivity index (χ3v) is 3.04. The number of aldehydes is 1. The molecule has 0 heterocycles. The Labute approximate surface area is 125 Å². The van der Waals surface area contributed by atoms with Crippen LogP contribution in [0.1, 0.15) is 10.4 Å². The molecule has 0 N–H and O–H groups in total. The zero-order chi connectivity index (χ0) is 15.4. The third kappa shape index (κ3) is 3.11. The fourth-order valence-electron chi connectivity index (χ4n) is 1.72. The van der Waals surface area contributed by atoms with Gasteiger partial charge in [0, 0.05) is 0 Å². The molecule has 0 spiro atoms. The van der Waals surface area contributed by atoms with Crippen LogP contribution in [0.15, 0.2) is 36.4 Å². The largest absolute Gasteiger partial charge is 0.490 e. The average Bonchev–Trinajstić information content (AvgIpc) is 2.47. The quantitative estimate of drug-likeness (QED) is 0.476. The first-order valence-electron chi connectivity index (χ1n) is 5.80. The van der Waals surface area contributed by atoms with Crippen molar-refractivity contribution in [3.8, 4) is 17.2 Å². The molecule has 6 nitrogen and oxygen atoms in total. The van der Waals surface area contributed by atoms with E-state index in [2.05, 4.69) is 0 Å². The molecule has 2 rings (SSSR count). The SMILES string of the molecule is COc1ccc(Oc2cccc(Cl)c2C=O)cc1[N+](=O)[O-]. The van der Waals surface area contributed by atoms with Crippen LogP contribution in [0.4, 0.5) is 5.69 Å². The summed E-state index contributed by atoms with van der Waals surface area (Å²) in [5.41, 5.74) is -0.0534. The number of carbonyl (C=O) groups excluding carboxylic acids is 1. The van der Waals surface area contributed by atoms with Crippen LogP contribution in [0.2, 0.25) is 5.02 Å². The maximum Gasteiger partial charge on any atom is 0.314 e. The summed E-state index contributed by atoms with van der Waals surface area (Å²) in [7, 11) is 1.34. The molecule has 0 aliphatic heterocycles. The number of rotatable bonds is 5. The molecule has 0 aromatic heterocycles. The molecule has 0 atom stereocenters. The standard InChI is InChI=1S/C14H10ClNO5/c1-20-14-6-5-9(7-12(14)16(18)19)21-13-4-2-3-11(15)10(13)8-17/h2-8H,1H3. The van der Waals surface area contributed by atoms with E-state index < -0.39 is 4.92 Å². The molecule has 0 saturated carbocycles. The molecule has 7 heteroatoms. The number of hydrogen-bond donors (Lipinski definition) is 0. The summed E-state index contributed by atoms with van der Waals surface area (Å²) in [6.45, 7) is 0. The van der Waals surface area contributed by atoms with Crippen molar-refractivity contribution in [1.82, 2.24) is 0 Å². The Morgan fingerprint density at radius 3 is 2.62 bits per heavy atom. The van der Waals surface area contributed by atoms with Crippen LogP contribution < -0.4 is 9.47 Å². The van der Waals surface area contributed by atoms with Gasteiger partial charge in [0.2, 0.25) is 0 Å². The smallest absolute Gasteiger partial charge is 0.314 e. The van der Waals surface area contributed by atoms with Gasteiger partial charge in [-0.05, 0) is 24.3 Å². The van der Waals surface area contributed by atoms with E-state index in [-0.39, 0.29) is 33.5 Å². The van der Waals surface area contributed by atoms with Gasteiger partial charge >= 0.3 is 5.69 Å². The van der Waals surface area contributed by atoms with Crippen molar-refractivity contribution in [3.63, 3.8) is 0 Å². The molecule has 0 fully saturated rings. The van der Waals surface area contributed by atoms with E-state index in [1.807, 2.05) is 0 Å². The Bertz CT molecular complexity index is 702. The fraction of sp³-hybridized carbons (Fsp3) is 0.0714. The number of carbonyl (C=O) groups is 1. The van der Waals surface area contributed by atoms with E-state index in [0.29, 0.717) is 6.29 Å². The van der Waals surface area contributed by atoms with Crippen molar-refractivity contribution in [2.75, 3.05) is 7.11 Å². The van der Waals surface area contributed by atoms with Gasteiger partial charge in [-0.1, -0.05) is 17.7 Å². The molecular weight excluding hydrogens is 298 g/mol. The minimum absolute atomic E-state index is 0.119. The summed E-state index contributed by atoms with van der Waals surface area (Å²) in [6, 6.07) is 8.84. The minimum Gasteiger partial charge on any atom is -0.490 e. The second kappa shape index (κ2) is 6.23. The molecule has 0 aliphatic rings. The predicted molar refractivity (Wildman–Crippen MR) is 76.6 cm³/mol. The Morgan fingerprint density at radius 2 is 2.00 bits per heavy atom. The van der Waals surface area contributed by atoms with Gasteiger partial charge in [0.1, 0.15) is 11.5 Å². The summed E-state index contributed by atoms with van der Waals surface area (Å²) in [6.07, 6.45) is 0.565. The maximum absolute atomic E-state index is 11.0. The first kappa shape index (κ1) is 14.8. The Balaban J connectivity index is 2.41. The van der Waals surface area contributed by atoms with Crippen LogP contribution in [-0.4, -0.2) is 18.3 Å². The number of halogens is 1. The lowest BCUT2D eigenvalue weighted by Gasteiger charge is -2.09. The van der Waals surface area contributed by atoms with Crippen molar-refractivity contribution in [2.24, 2.45) is 0 Å². The van der Waals surface area contributed by atoms with E-state index in [9.17, 15) is 14.9 Å².